The van der Waals surface area contributed by atoms with Crippen LogP contribution >= 0.6 is 0 Å². The van der Waals surface area contributed by atoms with Gasteiger partial charge in [-0.3, -0.25) is 0 Å². The molecular weight excluding hydrogens is 239 g/mol. The summed E-state index contributed by atoms with van der Waals surface area (Å²) in [4.78, 5) is 2.11. The summed E-state index contributed by atoms with van der Waals surface area (Å²) in [6.07, 6.45) is 0. The predicted octanol–water partition coefficient (Wildman–Crippen LogP) is 0.848. The van der Waals surface area contributed by atoms with Crippen LogP contribution in [0.3, 0.4) is 0 Å². The van der Waals surface area contributed by atoms with Crippen molar-refractivity contribution in [2.45, 2.75) is 18.3 Å². The summed E-state index contributed by atoms with van der Waals surface area (Å²) in [6, 6.07) is 9.06. The molecule has 3 heteroatoms. The van der Waals surface area contributed by atoms with Gasteiger partial charge in [-0.2, -0.15) is 0 Å². The first-order chi connectivity index (χ1) is 6.59. The van der Waals surface area contributed by atoms with Crippen LogP contribution in [0.5, 0.6) is 0 Å². The first-order valence-corrected chi connectivity index (χ1v) is 6.82. The molecule has 1 aromatic carbocycles. The third-order valence-corrected chi connectivity index (χ3v) is 4.59. The molecule has 0 amide bonds. The Labute approximate surface area is 92.6 Å². The van der Waals surface area contributed by atoms with Crippen LogP contribution in [0.2, 0.25) is 5.32 Å². The molecule has 1 rings (SSSR count). The quantitative estimate of drug-likeness (QED) is 0.810. The fourth-order valence-corrected chi connectivity index (χ4v) is 2.71. The van der Waals surface area contributed by atoms with Crippen molar-refractivity contribution < 1.29 is 0 Å². The predicted molar refractivity (Wildman–Crippen MR) is 64.6 cm³/mol. The molecule has 0 heterocycles. The van der Waals surface area contributed by atoms with E-state index in [1.807, 2.05) is 0 Å². The second-order valence-corrected chi connectivity index (χ2v) is 5.97. The summed E-state index contributed by atoms with van der Waals surface area (Å²) in [7, 11) is 4.12. The summed E-state index contributed by atoms with van der Waals surface area (Å²) in [5.41, 5.74) is 6.98. The van der Waals surface area contributed by atoms with Crippen LogP contribution in [0, 0.1) is 0 Å². The molecule has 0 saturated heterocycles. The van der Waals surface area contributed by atoms with Crippen LogP contribution in [0.1, 0.15) is 6.92 Å². The van der Waals surface area contributed by atoms with Crippen LogP contribution in [-0.4, -0.2) is 35.1 Å². The van der Waals surface area contributed by atoms with Gasteiger partial charge in [0.2, 0.25) is 0 Å². The summed E-state index contributed by atoms with van der Waals surface area (Å²) >= 11 is 0.527. The van der Waals surface area contributed by atoms with E-state index in [1.54, 1.807) is 0 Å². The Morgan fingerprint density at radius 1 is 1.29 bits per heavy atom. The van der Waals surface area contributed by atoms with Crippen molar-refractivity contribution in [1.82, 2.24) is 0 Å². The van der Waals surface area contributed by atoms with Crippen LogP contribution in [0.15, 0.2) is 24.3 Å². The van der Waals surface area contributed by atoms with Crippen molar-refractivity contribution in [2.24, 2.45) is 5.73 Å². The molecule has 1 unspecified atom stereocenters. The zero-order chi connectivity index (χ0) is 10.6. The Balaban J connectivity index is 2.55. The molecule has 0 aliphatic heterocycles. The Bertz CT molecular complexity index is 267. The van der Waals surface area contributed by atoms with Gasteiger partial charge in [0.15, 0.2) is 0 Å². The van der Waals surface area contributed by atoms with Gasteiger partial charge in [0, 0.05) is 0 Å². The second kappa shape index (κ2) is 5.40. The van der Waals surface area contributed by atoms with Gasteiger partial charge in [-0.1, -0.05) is 0 Å². The van der Waals surface area contributed by atoms with Crippen LogP contribution < -0.4 is 15.1 Å². The van der Waals surface area contributed by atoms with E-state index >= 15 is 0 Å². The van der Waals surface area contributed by atoms with Crippen LogP contribution in [-0.2, 0) is 0 Å². The molecule has 2 nitrogen and oxygen atoms in total. The molecule has 0 radical (unpaired) electrons. The normalized spacial score (nSPS) is 12.6. The fourth-order valence-electron chi connectivity index (χ4n) is 1.07. The topological polar surface area (TPSA) is 29.3 Å². The minimum absolute atomic E-state index is 0.323. The Morgan fingerprint density at radius 3 is 2.29 bits per heavy atom. The van der Waals surface area contributed by atoms with Crippen molar-refractivity contribution in [1.29, 1.82) is 0 Å². The summed E-state index contributed by atoms with van der Waals surface area (Å²) in [5, 5.41) is 1.12. The first kappa shape index (κ1) is 11.6. The van der Waals surface area contributed by atoms with Crippen LogP contribution in [0.25, 0.3) is 0 Å². The Kier molecular flexibility index (Phi) is 4.46. The number of rotatable bonds is 4. The van der Waals surface area contributed by atoms with Crippen molar-refractivity contribution >= 4 is 25.1 Å². The van der Waals surface area contributed by atoms with Crippen LogP contribution in [0.4, 0.5) is 5.69 Å². The average molecular weight is 257 g/mol. The third kappa shape index (κ3) is 3.70. The Hall–Kier alpha value is -0.501. The minimum atomic E-state index is 0.323. The van der Waals surface area contributed by atoms with Gasteiger partial charge in [0.05, 0.1) is 0 Å². The molecule has 1 atom stereocenters. The van der Waals surface area contributed by atoms with Gasteiger partial charge >= 0.3 is 92.4 Å². The fraction of sp³-hybridized carbons (Fsp3) is 0.455. The third-order valence-electron chi connectivity index (χ3n) is 1.87. The molecule has 0 aliphatic rings. The molecule has 0 fully saturated rings. The van der Waals surface area contributed by atoms with Crippen molar-refractivity contribution in [3.8, 4) is 0 Å². The molecule has 2 N–H and O–H groups in total. The van der Waals surface area contributed by atoms with Crippen molar-refractivity contribution in [2.75, 3.05) is 19.0 Å². The van der Waals surface area contributed by atoms with Gasteiger partial charge in [0.25, 0.3) is 0 Å². The Morgan fingerprint density at radius 2 is 1.86 bits per heavy atom. The summed E-state index contributed by atoms with van der Waals surface area (Å²) < 4.78 is 1.43. The number of nitrogens with two attached hydrogens (primary N) is 1. The van der Waals surface area contributed by atoms with Gasteiger partial charge in [-0.05, 0) is 0 Å². The maximum atomic E-state index is 5.73. The van der Waals surface area contributed by atoms with E-state index in [0.717, 1.165) is 5.32 Å². The molecule has 0 spiro atoms. The maximum absolute atomic E-state index is 5.73. The first-order valence-electron chi connectivity index (χ1n) is 4.75. The molecule has 1 aromatic rings. The van der Waals surface area contributed by atoms with Gasteiger partial charge < -0.3 is 0 Å². The second-order valence-electron chi connectivity index (χ2n) is 3.68. The molecule has 0 saturated carbocycles. The van der Waals surface area contributed by atoms with Gasteiger partial charge in [-0.15, -0.1) is 0 Å². The molecule has 0 bridgehead atoms. The number of anilines is 1. The zero-order valence-corrected chi connectivity index (χ0v) is 10.7. The number of nitrogens with zero attached hydrogens (tertiary/aromatic N) is 1. The van der Waals surface area contributed by atoms with Gasteiger partial charge in [0.1, 0.15) is 0 Å². The van der Waals surface area contributed by atoms with Crippen molar-refractivity contribution in [3.63, 3.8) is 0 Å². The number of hydrogen-bond donors (Lipinski definition) is 1. The van der Waals surface area contributed by atoms with E-state index in [4.69, 9.17) is 5.73 Å². The monoisotopic (exact) mass is 258 g/mol. The summed E-state index contributed by atoms with van der Waals surface area (Å²) in [6.45, 7) is 2.07. The zero-order valence-electron chi connectivity index (χ0n) is 9.03. The standard InChI is InChI=1S/C11H18N2Se/c1-9(12)8-14-11-6-4-10(5-7-11)13(2)3/h4-7,9H,8,12H2,1-3H3. The molecular formula is C11H18N2Se. The van der Waals surface area contributed by atoms with Crippen molar-refractivity contribution in [3.05, 3.63) is 24.3 Å². The molecule has 78 valence electrons. The number of hydrogen-bond acceptors (Lipinski definition) is 2. The van der Waals surface area contributed by atoms with E-state index < -0.39 is 0 Å². The molecule has 0 aliphatic carbocycles. The molecule has 0 aromatic heterocycles. The number of benzene rings is 1. The van der Waals surface area contributed by atoms with Gasteiger partial charge in [-0.25, -0.2) is 0 Å². The average Bonchev–Trinajstić information content (AvgIpc) is 2.15. The SMILES string of the molecule is CC(N)C[Se]c1ccc(N(C)C)cc1. The van der Waals surface area contributed by atoms with E-state index in [9.17, 15) is 0 Å². The van der Waals surface area contributed by atoms with E-state index in [1.165, 1.54) is 10.1 Å². The van der Waals surface area contributed by atoms with E-state index in [-0.39, 0.29) is 0 Å². The molecule has 14 heavy (non-hydrogen) atoms. The van der Waals surface area contributed by atoms with E-state index in [2.05, 4.69) is 50.2 Å². The van der Waals surface area contributed by atoms with E-state index in [0.29, 0.717) is 21.0 Å². The summed E-state index contributed by atoms with van der Waals surface area (Å²) in [5.74, 6) is 0.